The molecule has 1 aliphatic carbocycles. The van der Waals surface area contributed by atoms with Gasteiger partial charge in [0.05, 0.1) is 24.5 Å². The van der Waals surface area contributed by atoms with Crippen LogP contribution >= 0.6 is 0 Å². The number of hydrogen-bond acceptors (Lipinski definition) is 9. The number of ether oxygens (including phenoxy) is 1. The highest BCUT2D eigenvalue weighted by molar-refractivity contribution is 5.78. The molecule has 0 radical (unpaired) electrons. The van der Waals surface area contributed by atoms with Gasteiger partial charge in [0.25, 0.3) is 0 Å². The maximum Gasteiger partial charge on any atom is 0.361 e. The molecule has 1 heterocycles. The first kappa shape index (κ1) is 32.0. The quantitative estimate of drug-likeness (QED) is 0.160. The summed E-state index contributed by atoms with van der Waals surface area (Å²) < 4.78 is 5.82. The molecule has 2 fully saturated rings. The van der Waals surface area contributed by atoms with E-state index in [1.54, 1.807) is 0 Å². The summed E-state index contributed by atoms with van der Waals surface area (Å²) in [5.41, 5.74) is -1.45. The molecule has 2 aliphatic rings. The van der Waals surface area contributed by atoms with Crippen LogP contribution in [-0.2, 0) is 24.1 Å². The summed E-state index contributed by atoms with van der Waals surface area (Å²) in [5, 5.41) is 40.5. The van der Waals surface area contributed by atoms with Crippen LogP contribution in [0.4, 0.5) is 0 Å². The summed E-state index contributed by atoms with van der Waals surface area (Å²) in [5.74, 6) is -1.19. The van der Waals surface area contributed by atoms with Crippen molar-refractivity contribution in [3.8, 4) is 0 Å². The molecule has 0 bridgehead atoms. The van der Waals surface area contributed by atoms with E-state index in [2.05, 4.69) is 6.92 Å². The van der Waals surface area contributed by atoms with Gasteiger partial charge < -0.3 is 25.2 Å². The van der Waals surface area contributed by atoms with Gasteiger partial charge in [0.2, 0.25) is 0 Å². The van der Waals surface area contributed by atoms with E-state index in [-0.39, 0.29) is 12.3 Å². The Balaban J connectivity index is 1.86. The van der Waals surface area contributed by atoms with E-state index in [4.69, 9.17) is 14.5 Å². The fraction of sp³-hybridized carbons (Fsp3) is 0.929. The van der Waals surface area contributed by atoms with Crippen molar-refractivity contribution in [3.05, 3.63) is 0 Å². The van der Waals surface area contributed by atoms with Crippen molar-refractivity contribution in [1.29, 1.82) is 0 Å². The average Bonchev–Trinajstić information content (AvgIpc) is 2.88. The van der Waals surface area contributed by atoms with Crippen LogP contribution in [0.3, 0.4) is 0 Å². The van der Waals surface area contributed by atoms with Crippen LogP contribution in [0, 0.1) is 16.7 Å². The Morgan fingerprint density at radius 3 is 1.97 bits per heavy atom. The fourth-order valence-electron chi connectivity index (χ4n) is 5.86. The second kappa shape index (κ2) is 14.8. The lowest BCUT2D eigenvalue weighted by molar-refractivity contribution is -0.275. The normalized spacial score (nSPS) is 34.4. The highest BCUT2D eigenvalue weighted by atomic mass is 17.2. The molecule has 1 aliphatic heterocycles. The minimum atomic E-state index is -1.44. The number of carbonyl (C=O) groups excluding carboxylic acids is 2. The van der Waals surface area contributed by atoms with Crippen LogP contribution in [0.25, 0.3) is 0 Å². The topological polar surface area (TPSA) is 143 Å². The van der Waals surface area contributed by atoms with E-state index in [0.717, 1.165) is 12.8 Å². The van der Waals surface area contributed by atoms with E-state index in [0.29, 0.717) is 32.1 Å². The van der Waals surface area contributed by atoms with Crippen molar-refractivity contribution in [3.63, 3.8) is 0 Å². The number of aliphatic hydroxyl groups is 4. The highest BCUT2D eigenvalue weighted by Gasteiger charge is 2.56. The van der Waals surface area contributed by atoms with Crippen molar-refractivity contribution >= 4 is 11.9 Å². The van der Waals surface area contributed by atoms with Gasteiger partial charge in [-0.3, -0.25) is 0 Å². The predicted molar refractivity (Wildman–Crippen MR) is 137 cm³/mol. The van der Waals surface area contributed by atoms with Crippen LogP contribution in [0.15, 0.2) is 0 Å². The monoisotopic (exact) mass is 530 g/mol. The summed E-state index contributed by atoms with van der Waals surface area (Å²) >= 11 is 0. The van der Waals surface area contributed by atoms with Gasteiger partial charge in [-0.05, 0) is 43.4 Å². The average molecular weight is 531 g/mol. The molecule has 0 aromatic heterocycles. The lowest BCUT2D eigenvalue weighted by atomic mass is 9.57. The Labute approximate surface area is 221 Å². The van der Waals surface area contributed by atoms with E-state index in [1.165, 1.54) is 32.1 Å². The first-order valence-corrected chi connectivity index (χ1v) is 14.2. The molecule has 0 aromatic rings. The van der Waals surface area contributed by atoms with Crippen molar-refractivity contribution in [1.82, 2.24) is 0 Å². The lowest BCUT2D eigenvalue weighted by Gasteiger charge is -2.52. The zero-order chi connectivity index (χ0) is 27.6. The van der Waals surface area contributed by atoms with Gasteiger partial charge in [0, 0.05) is 0 Å². The second-order valence-corrected chi connectivity index (χ2v) is 11.8. The molecule has 9 nitrogen and oxygen atoms in total. The van der Waals surface area contributed by atoms with E-state index in [1.807, 2.05) is 20.8 Å². The number of aliphatic hydroxyl groups excluding tert-OH is 4. The smallest absolute Gasteiger partial charge is 0.361 e. The highest BCUT2D eigenvalue weighted by Crippen LogP contribution is 2.53. The molecule has 1 saturated heterocycles. The Morgan fingerprint density at radius 1 is 0.865 bits per heavy atom. The maximum atomic E-state index is 13.1. The third-order valence-electron chi connectivity index (χ3n) is 8.82. The van der Waals surface area contributed by atoms with E-state index < -0.39 is 59.9 Å². The fourth-order valence-corrected chi connectivity index (χ4v) is 5.86. The standard InChI is InChI=1S/C28H50O9/c1-5-6-7-8-9-10-11-12-13-21(30)36-37-26(34)28(19(2)3)16-14-27(4,15-17-28)25-24(33)23(32)22(31)20(18-29)35-25/h19-20,22-25,29,31-33H,5-18H2,1-4H3/t20-,22-,23+,24-,25?,27?,28?/m1/s1. The van der Waals surface area contributed by atoms with Gasteiger partial charge in [-0.1, -0.05) is 72.6 Å². The Bertz CT molecular complexity index is 700. The first-order valence-electron chi connectivity index (χ1n) is 14.2. The zero-order valence-corrected chi connectivity index (χ0v) is 23.2. The minimum Gasteiger partial charge on any atom is -0.394 e. The van der Waals surface area contributed by atoms with Gasteiger partial charge in [-0.15, -0.1) is 0 Å². The molecule has 216 valence electrons. The van der Waals surface area contributed by atoms with Gasteiger partial charge >= 0.3 is 11.9 Å². The number of unbranched alkanes of at least 4 members (excludes halogenated alkanes) is 7. The summed E-state index contributed by atoms with van der Waals surface area (Å²) in [6.07, 6.45) is 4.95. The second-order valence-electron chi connectivity index (χ2n) is 11.8. The largest absolute Gasteiger partial charge is 0.394 e. The van der Waals surface area contributed by atoms with Gasteiger partial charge in [0.1, 0.15) is 24.4 Å². The van der Waals surface area contributed by atoms with E-state index in [9.17, 15) is 30.0 Å². The lowest BCUT2D eigenvalue weighted by Crippen LogP contribution is -2.63. The molecule has 4 N–H and O–H groups in total. The minimum absolute atomic E-state index is 0.0780. The molecule has 0 aromatic carbocycles. The molecule has 0 amide bonds. The van der Waals surface area contributed by atoms with Crippen molar-refractivity contribution in [2.45, 2.75) is 142 Å². The summed E-state index contributed by atoms with van der Waals surface area (Å²) in [4.78, 5) is 35.2. The maximum absolute atomic E-state index is 13.1. The van der Waals surface area contributed by atoms with Gasteiger partial charge in [-0.25, -0.2) is 19.4 Å². The zero-order valence-electron chi connectivity index (χ0n) is 23.2. The Hall–Kier alpha value is -1.26. The molecule has 1 saturated carbocycles. The van der Waals surface area contributed by atoms with Crippen LogP contribution in [-0.4, -0.2) is 69.5 Å². The summed E-state index contributed by atoms with van der Waals surface area (Å²) in [6, 6.07) is 0. The summed E-state index contributed by atoms with van der Waals surface area (Å²) in [6.45, 7) is 7.49. The third-order valence-corrected chi connectivity index (χ3v) is 8.82. The SMILES string of the molecule is CCCCCCCCCCC(=O)OOC(=O)C1(C(C)C)CCC(C)(C2O[C@H](CO)[C@@H](O)[C@H](O)[C@H]2O)CC1. The Kier molecular flexibility index (Phi) is 12.8. The van der Waals surface area contributed by atoms with Crippen LogP contribution in [0.2, 0.25) is 0 Å². The van der Waals surface area contributed by atoms with Crippen LogP contribution in [0.1, 0.15) is 111 Å². The van der Waals surface area contributed by atoms with Crippen molar-refractivity contribution in [2.24, 2.45) is 16.7 Å². The number of rotatable bonds is 13. The number of carbonyl (C=O) groups is 2. The molecular formula is C28H50O9. The molecular weight excluding hydrogens is 480 g/mol. The van der Waals surface area contributed by atoms with Crippen LogP contribution < -0.4 is 0 Å². The van der Waals surface area contributed by atoms with Crippen molar-refractivity contribution in [2.75, 3.05) is 6.61 Å². The molecule has 2 rings (SSSR count). The predicted octanol–water partition coefficient (Wildman–Crippen LogP) is 3.58. The molecule has 37 heavy (non-hydrogen) atoms. The molecule has 0 spiro atoms. The molecule has 1 unspecified atom stereocenters. The van der Waals surface area contributed by atoms with E-state index >= 15 is 0 Å². The van der Waals surface area contributed by atoms with Gasteiger partial charge in [-0.2, -0.15) is 0 Å². The number of hydrogen-bond donors (Lipinski definition) is 4. The molecule has 5 atom stereocenters. The first-order chi connectivity index (χ1) is 17.5. The van der Waals surface area contributed by atoms with Gasteiger partial charge in [0.15, 0.2) is 0 Å². The third kappa shape index (κ3) is 8.12. The molecule has 9 heteroatoms. The van der Waals surface area contributed by atoms with Crippen LogP contribution in [0.5, 0.6) is 0 Å². The summed E-state index contributed by atoms with van der Waals surface area (Å²) in [7, 11) is 0. The van der Waals surface area contributed by atoms with Crippen molar-refractivity contribution < 1.29 is 44.5 Å². The Morgan fingerprint density at radius 2 is 1.43 bits per heavy atom.